The zero-order chi connectivity index (χ0) is 12.0. The Kier molecular flexibility index (Phi) is 4.73. The van der Waals surface area contributed by atoms with Crippen LogP contribution in [0, 0.1) is 0 Å². The lowest BCUT2D eigenvalue weighted by atomic mass is 10.1. The molecule has 0 heterocycles. The minimum atomic E-state index is -0.122. The Bertz CT molecular complexity index is 397. The monoisotopic (exact) mass is 219 g/mol. The summed E-state index contributed by atoms with van der Waals surface area (Å²) in [5.41, 5.74) is 1.30. The quantitative estimate of drug-likeness (QED) is 0.589. The molecular formula is C13H17NO2. The number of Topliss-reactive ketones (excluding diaryl/α,β-unsaturated/α-hetero) is 1. The number of carbonyl (C=O) groups excluding carboxylic acids is 1. The highest BCUT2D eigenvalue weighted by Gasteiger charge is 2.05. The van der Waals surface area contributed by atoms with Crippen molar-refractivity contribution in [1.82, 2.24) is 5.32 Å². The first kappa shape index (κ1) is 12.5. The van der Waals surface area contributed by atoms with Crippen molar-refractivity contribution < 1.29 is 9.90 Å². The lowest BCUT2D eigenvalue weighted by Crippen LogP contribution is -2.05. The summed E-state index contributed by atoms with van der Waals surface area (Å²) >= 11 is 0. The fourth-order valence-corrected chi connectivity index (χ4v) is 1.39. The van der Waals surface area contributed by atoms with E-state index in [1.807, 2.05) is 19.2 Å². The molecule has 0 fully saturated rings. The van der Waals surface area contributed by atoms with E-state index >= 15 is 0 Å². The van der Waals surface area contributed by atoms with Crippen LogP contribution in [0.25, 0.3) is 6.08 Å². The van der Waals surface area contributed by atoms with E-state index in [9.17, 15) is 9.90 Å². The largest absolute Gasteiger partial charge is 0.507 e. The normalized spacial score (nSPS) is 10.9. The Morgan fingerprint density at radius 3 is 2.88 bits per heavy atom. The molecule has 1 rings (SSSR count). The lowest BCUT2D eigenvalue weighted by Gasteiger charge is -2.01. The van der Waals surface area contributed by atoms with Gasteiger partial charge in [0.05, 0.1) is 5.56 Å². The van der Waals surface area contributed by atoms with E-state index in [0.717, 1.165) is 18.5 Å². The second-order valence-corrected chi connectivity index (χ2v) is 3.63. The molecule has 2 N–H and O–H groups in total. The highest BCUT2D eigenvalue weighted by atomic mass is 16.3. The van der Waals surface area contributed by atoms with Gasteiger partial charge in [-0.1, -0.05) is 18.2 Å². The van der Waals surface area contributed by atoms with Crippen molar-refractivity contribution in [3.05, 3.63) is 35.4 Å². The van der Waals surface area contributed by atoms with Crippen molar-refractivity contribution in [3.8, 4) is 5.75 Å². The maximum absolute atomic E-state index is 11.2. The van der Waals surface area contributed by atoms with Gasteiger partial charge in [0.25, 0.3) is 0 Å². The van der Waals surface area contributed by atoms with Crippen LogP contribution >= 0.6 is 0 Å². The Morgan fingerprint density at radius 1 is 1.50 bits per heavy atom. The van der Waals surface area contributed by atoms with Gasteiger partial charge in [-0.15, -0.1) is 0 Å². The van der Waals surface area contributed by atoms with E-state index in [-0.39, 0.29) is 11.5 Å². The SMILES string of the molecule is CNCCC=Cc1ccc(O)c(C(C)=O)c1. The maximum Gasteiger partial charge on any atom is 0.163 e. The second kappa shape index (κ2) is 6.08. The van der Waals surface area contributed by atoms with Crippen molar-refractivity contribution in [1.29, 1.82) is 0 Å². The third kappa shape index (κ3) is 3.51. The van der Waals surface area contributed by atoms with Crippen LogP contribution in [0.3, 0.4) is 0 Å². The van der Waals surface area contributed by atoms with Gasteiger partial charge in [0.2, 0.25) is 0 Å². The van der Waals surface area contributed by atoms with Crippen LogP contribution in [0.15, 0.2) is 24.3 Å². The minimum absolute atomic E-state index is 0.0416. The average molecular weight is 219 g/mol. The topological polar surface area (TPSA) is 49.3 Å². The molecule has 86 valence electrons. The summed E-state index contributed by atoms with van der Waals surface area (Å²) < 4.78 is 0. The van der Waals surface area contributed by atoms with Gasteiger partial charge in [-0.2, -0.15) is 0 Å². The van der Waals surface area contributed by atoms with Gasteiger partial charge in [-0.25, -0.2) is 0 Å². The van der Waals surface area contributed by atoms with Gasteiger partial charge in [-0.05, 0) is 44.6 Å². The second-order valence-electron chi connectivity index (χ2n) is 3.63. The molecule has 0 saturated carbocycles. The number of hydrogen-bond acceptors (Lipinski definition) is 3. The highest BCUT2D eigenvalue weighted by Crippen LogP contribution is 2.19. The zero-order valence-corrected chi connectivity index (χ0v) is 9.66. The Balaban J connectivity index is 2.78. The fraction of sp³-hybridized carbons (Fsp3) is 0.308. The van der Waals surface area contributed by atoms with Crippen molar-refractivity contribution in [2.75, 3.05) is 13.6 Å². The van der Waals surface area contributed by atoms with E-state index in [1.165, 1.54) is 6.92 Å². The third-order valence-electron chi connectivity index (χ3n) is 2.27. The molecule has 0 aliphatic carbocycles. The average Bonchev–Trinajstić information content (AvgIpc) is 2.26. The molecule has 16 heavy (non-hydrogen) atoms. The standard InChI is InChI=1S/C13H17NO2/c1-10(15)12-9-11(6-7-13(12)16)5-3-4-8-14-2/h3,5-7,9,14,16H,4,8H2,1-2H3. The molecular weight excluding hydrogens is 202 g/mol. The van der Waals surface area contributed by atoms with Gasteiger partial charge in [-0.3, -0.25) is 4.79 Å². The first-order chi connectivity index (χ1) is 7.65. The Hall–Kier alpha value is -1.61. The predicted molar refractivity (Wildman–Crippen MR) is 65.7 cm³/mol. The number of aromatic hydroxyl groups is 1. The van der Waals surface area contributed by atoms with Crippen molar-refractivity contribution in [3.63, 3.8) is 0 Å². The minimum Gasteiger partial charge on any atom is -0.507 e. The van der Waals surface area contributed by atoms with Crippen LogP contribution in [0.5, 0.6) is 5.75 Å². The van der Waals surface area contributed by atoms with Crippen molar-refractivity contribution in [2.24, 2.45) is 0 Å². The number of carbonyl (C=O) groups is 1. The number of phenolic OH excluding ortho intramolecular Hbond substituents is 1. The summed E-state index contributed by atoms with van der Waals surface area (Å²) in [4.78, 5) is 11.2. The smallest absolute Gasteiger partial charge is 0.163 e. The number of phenols is 1. The molecule has 1 aromatic carbocycles. The van der Waals surface area contributed by atoms with Gasteiger partial charge >= 0.3 is 0 Å². The molecule has 0 aromatic heterocycles. The summed E-state index contributed by atoms with van der Waals surface area (Å²) in [6.45, 7) is 2.37. The van der Waals surface area contributed by atoms with Crippen LogP contribution in [0.4, 0.5) is 0 Å². The summed E-state index contributed by atoms with van der Waals surface area (Å²) in [5, 5.41) is 12.5. The predicted octanol–water partition coefficient (Wildman–Crippen LogP) is 2.22. The molecule has 0 bridgehead atoms. The highest BCUT2D eigenvalue weighted by molar-refractivity contribution is 5.97. The molecule has 3 nitrogen and oxygen atoms in total. The van der Waals surface area contributed by atoms with E-state index in [2.05, 4.69) is 5.32 Å². The number of ketones is 1. The molecule has 0 aliphatic rings. The van der Waals surface area contributed by atoms with E-state index < -0.39 is 0 Å². The summed E-state index contributed by atoms with van der Waals surface area (Å²) in [5.74, 6) is -0.0807. The fourth-order valence-electron chi connectivity index (χ4n) is 1.39. The van der Waals surface area contributed by atoms with Crippen LogP contribution in [-0.2, 0) is 0 Å². The number of hydrogen-bond donors (Lipinski definition) is 2. The molecule has 0 saturated heterocycles. The molecule has 3 heteroatoms. The molecule has 0 radical (unpaired) electrons. The van der Waals surface area contributed by atoms with Crippen molar-refractivity contribution >= 4 is 11.9 Å². The summed E-state index contributed by atoms with van der Waals surface area (Å²) in [6, 6.07) is 5.04. The summed E-state index contributed by atoms with van der Waals surface area (Å²) in [6.07, 6.45) is 4.92. The van der Waals surface area contributed by atoms with Gasteiger partial charge < -0.3 is 10.4 Å². The molecule has 0 spiro atoms. The van der Waals surface area contributed by atoms with Gasteiger partial charge in [0.15, 0.2) is 5.78 Å². The van der Waals surface area contributed by atoms with Crippen LogP contribution < -0.4 is 5.32 Å². The third-order valence-corrected chi connectivity index (χ3v) is 2.27. The molecule has 0 atom stereocenters. The molecule has 0 aliphatic heterocycles. The first-order valence-corrected chi connectivity index (χ1v) is 5.30. The van der Waals surface area contributed by atoms with E-state index in [1.54, 1.807) is 18.2 Å². The molecule has 1 aromatic rings. The van der Waals surface area contributed by atoms with E-state index in [0.29, 0.717) is 5.56 Å². The first-order valence-electron chi connectivity index (χ1n) is 5.30. The van der Waals surface area contributed by atoms with Crippen LogP contribution in [0.1, 0.15) is 29.3 Å². The van der Waals surface area contributed by atoms with Crippen LogP contribution in [-0.4, -0.2) is 24.5 Å². The molecule has 0 unspecified atom stereocenters. The number of rotatable bonds is 5. The van der Waals surface area contributed by atoms with Crippen LogP contribution in [0.2, 0.25) is 0 Å². The van der Waals surface area contributed by atoms with Crippen molar-refractivity contribution in [2.45, 2.75) is 13.3 Å². The van der Waals surface area contributed by atoms with E-state index in [4.69, 9.17) is 0 Å². The zero-order valence-electron chi connectivity index (χ0n) is 9.66. The number of nitrogens with one attached hydrogen (secondary N) is 1. The number of benzene rings is 1. The maximum atomic E-state index is 11.2. The lowest BCUT2D eigenvalue weighted by molar-refractivity contribution is 0.101. The molecule has 0 amide bonds. The Labute approximate surface area is 95.8 Å². The van der Waals surface area contributed by atoms with Gasteiger partial charge in [0.1, 0.15) is 5.75 Å². The van der Waals surface area contributed by atoms with Gasteiger partial charge in [0, 0.05) is 0 Å². The summed E-state index contributed by atoms with van der Waals surface area (Å²) in [7, 11) is 1.91. The Morgan fingerprint density at radius 2 is 2.25 bits per heavy atom.